The molecule has 0 spiro atoms. The van der Waals surface area contributed by atoms with E-state index in [-0.39, 0.29) is 25.0 Å². The average molecular weight is 249 g/mol. The summed E-state index contributed by atoms with van der Waals surface area (Å²) in [6.45, 7) is 0.246. The number of rotatable bonds is 4. The van der Waals surface area contributed by atoms with Gasteiger partial charge in [-0.25, -0.2) is 9.37 Å². The normalized spacial score (nSPS) is 10.3. The molecular formula is C12H12FN3O2. The van der Waals surface area contributed by atoms with Crippen LogP contribution < -0.4 is 10.5 Å². The van der Waals surface area contributed by atoms with Gasteiger partial charge in [0.2, 0.25) is 0 Å². The van der Waals surface area contributed by atoms with Gasteiger partial charge in [-0.3, -0.25) is 0 Å². The van der Waals surface area contributed by atoms with Gasteiger partial charge in [-0.1, -0.05) is 24.3 Å². The number of nitrogens with zero attached hydrogens (tertiary/aromatic N) is 2. The van der Waals surface area contributed by atoms with Crippen molar-refractivity contribution in [3.8, 4) is 6.01 Å². The van der Waals surface area contributed by atoms with Crippen LogP contribution in [0.3, 0.4) is 0 Å². The summed E-state index contributed by atoms with van der Waals surface area (Å²) >= 11 is 0. The Balaban J connectivity index is 1.99. The largest absolute Gasteiger partial charge is 0.459 e. The molecule has 1 aromatic heterocycles. The second-order valence-electron chi connectivity index (χ2n) is 3.65. The molecule has 0 saturated carbocycles. The molecule has 0 unspecified atom stereocenters. The highest BCUT2D eigenvalue weighted by Crippen LogP contribution is 2.11. The number of aliphatic hydroxyl groups excluding tert-OH is 1. The third-order valence-corrected chi connectivity index (χ3v) is 2.32. The number of aliphatic hydroxyl groups is 1. The molecule has 2 rings (SSSR count). The summed E-state index contributed by atoms with van der Waals surface area (Å²) in [5.74, 6) is -0.912. The van der Waals surface area contributed by atoms with E-state index < -0.39 is 5.82 Å². The minimum atomic E-state index is -0.672. The van der Waals surface area contributed by atoms with Crippen molar-refractivity contribution < 1.29 is 14.2 Å². The van der Waals surface area contributed by atoms with Crippen LogP contribution in [0, 0.1) is 5.82 Å². The lowest BCUT2D eigenvalue weighted by atomic mass is 10.1. The van der Waals surface area contributed by atoms with Gasteiger partial charge >= 0.3 is 6.01 Å². The monoisotopic (exact) mass is 249 g/mol. The third-order valence-electron chi connectivity index (χ3n) is 2.32. The molecule has 0 radical (unpaired) electrons. The number of benzene rings is 1. The quantitative estimate of drug-likeness (QED) is 0.852. The lowest BCUT2D eigenvalue weighted by Gasteiger charge is -2.05. The van der Waals surface area contributed by atoms with Gasteiger partial charge in [0.05, 0.1) is 12.8 Å². The smallest absolute Gasteiger partial charge is 0.318 e. The fourth-order valence-corrected chi connectivity index (χ4v) is 1.32. The molecule has 0 aliphatic heterocycles. The summed E-state index contributed by atoms with van der Waals surface area (Å²) in [5, 5.41) is 8.89. The van der Waals surface area contributed by atoms with Crippen molar-refractivity contribution in [2.75, 3.05) is 5.73 Å². The zero-order valence-electron chi connectivity index (χ0n) is 9.51. The third kappa shape index (κ3) is 2.92. The molecule has 6 heteroatoms. The zero-order valence-corrected chi connectivity index (χ0v) is 9.51. The van der Waals surface area contributed by atoms with E-state index in [0.717, 1.165) is 17.3 Å². The van der Waals surface area contributed by atoms with Crippen LogP contribution >= 0.6 is 0 Å². The van der Waals surface area contributed by atoms with Crippen LogP contribution in [0.15, 0.2) is 30.5 Å². The Labute approximate surface area is 103 Å². The van der Waals surface area contributed by atoms with E-state index in [1.54, 1.807) is 12.1 Å². The van der Waals surface area contributed by atoms with E-state index in [1.165, 1.54) is 0 Å². The number of ether oxygens (including phenoxy) is 1. The molecule has 1 heterocycles. The molecule has 0 aliphatic rings. The Morgan fingerprint density at radius 2 is 1.89 bits per heavy atom. The summed E-state index contributed by atoms with van der Waals surface area (Å²) in [5.41, 5.74) is 7.00. The van der Waals surface area contributed by atoms with Gasteiger partial charge < -0.3 is 15.6 Å². The highest BCUT2D eigenvalue weighted by Gasteiger charge is 2.04. The topological polar surface area (TPSA) is 81.3 Å². The molecule has 94 valence electrons. The first-order valence-corrected chi connectivity index (χ1v) is 5.28. The SMILES string of the molecule is Nc1nc(OCc2ccc(CO)cc2)ncc1F. The summed E-state index contributed by atoms with van der Waals surface area (Å²) in [6, 6.07) is 7.24. The molecule has 18 heavy (non-hydrogen) atoms. The number of nitrogens with two attached hydrogens (primary N) is 1. The Hall–Kier alpha value is -2.21. The van der Waals surface area contributed by atoms with Crippen LogP contribution in [0.2, 0.25) is 0 Å². The van der Waals surface area contributed by atoms with E-state index in [4.69, 9.17) is 15.6 Å². The van der Waals surface area contributed by atoms with Crippen LogP contribution in [0.4, 0.5) is 10.2 Å². The van der Waals surface area contributed by atoms with Crippen molar-refractivity contribution in [2.45, 2.75) is 13.2 Å². The lowest BCUT2D eigenvalue weighted by molar-refractivity contribution is 0.277. The fourth-order valence-electron chi connectivity index (χ4n) is 1.32. The van der Waals surface area contributed by atoms with Crippen LogP contribution in [-0.2, 0) is 13.2 Å². The molecule has 0 saturated heterocycles. The first kappa shape index (κ1) is 12.3. The molecule has 2 aromatic rings. The predicted octanol–water partition coefficient (Wildman–Crippen LogP) is 1.27. The highest BCUT2D eigenvalue weighted by atomic mass is 19.1. The van der Waals surface area contributed by atoms with Gasteiger partial charge in [-0.05, 0) is 11.1 Å². The van der Waals surface area contributed by atoms with E-state index in [9.17, 15) is 4.39 Å². The van der Waals surface area contributed by atoms with Gasteiger partial charge in [0, 0.05) is 0 Å². The Kier molecular flexibility index (Phi) is 3.69. The zero-order chi connectivity index (χ0) is 13.0. The summed E-state index contributed by atoms with van der Waals surface area (Å²) in [6.07, 6.45) is 0.965. The maximum atomic E-state index is 12.8. The second-order valence-corrected chi connectivity index (χ2v) is 3.65. The molecule has 0 aliphatic carbocycles. The highest BCUT2D eigenvalue weighted by molar-refractivity contribution is 5.29. The van der Waals surface area contributed by atoms with E-state index in [0.29, 0.717) is 0 Å². The van der Waals surface area contributed by atoms with Gasteiger partial charge in [-0.15, -0.1) is 0 Å². The van der Waals surface area contributed by atoms with Gasteiger partial charge in [-0.2, -0.15) is 4.98 Å². The summed E-state index contributed by atoms with van der Waals surface area (Å²) in [7, 11) is 0. The van der Waals surface area contributed by atoms with E-state index in [1.807, 2.05) is 12.1 Å². The number of hydrogen-bond donors (Lipinski definition) is 2. The minimum Gasteiger partial charge on any atom is -0.459 e. The number of halogens is 1. The van der Waals surface area contributed by atoms with Crippen molar-refractivity contribution in [1.82, 2.24) is 9.97 Å². The van der Waals surface area contributed by atoms with E-state index in [2.05, 4.69) is 9.97 Å². The lowest BCUT2D eigenvalue weighted by Crippen LogP contribution is -2.03. The molecule has 0 atom stereocenters. The van der Waals surface area contributed by atoms with Crippen molar-refractivity contribution in [3.05, 3.63) is 47.4 Å². The van der Waals surface area contributed by atoms with Crippen LogP contribution in [0.1, 0.15) is 11.1 Å². The van der Waals surface area contributed by atoms with Crippen LogP contribution in [0.25, 0.3) is 0 Å². The molecule has 0 bridgehead atoms. The molecule has 1 aromatic carbocycles. The first-order valence-electron chi connectivity index (χ1n) is 5.28. The molecule has 0 fully saturated rings. The summed E-state index contributed by atoms with van der Waals surface area (Å²) < 4.78 is 18.1. The van der Waals surface area contributed by atoms with Crippen molar-refractivity contribution >= 4 is 5.82 Å². The number of nitrogen functional groups attached to an aromatic ring is 1. The number of aromatic nitrogens is 2. The maximum absolute atomic E-state index is 12.8. The second kappa shape index (κ2) is 5.42. The van der Waals surface area contributed by atoms with Gasteiger partial charge in [0.15, 0.2) is 11.6 Å². The molecule has 5 nitrogen and oxygen atoms in total. The first-order chi connectivity index (χ1) is 8.69. The number of hydrogen-bond acceptors (Lipinski definition) is 5. The minimum absolute atomic E-state index is 0.00125. The predicted molar refractivity (Wildman–Crippen MR) is 63.1 cm³/mol. The van der Waals surface area contributed by atoms with Crippen molar-refractivity contribution in [3.63, 3.8) is 0 Å². The van der Waals surface area contributed by atoms with Crippen molar-refractivity contribution in [1.29, 1.82) is 0 Å². The Bertz CT molecular complexity index is 531. The Morgan fingerprint density at radius 1 is 1.22 bits per heavy atom. The fraction of sp³-hybridized carbons (Fsp3) is 0.167. The van der Waals surface area contributed by atoms with Gasteiger partial charge in [0.25, 0.3) is 0 Å². The maximum Gasteiger partial charge on any atom is 0.318 e. The standard InChI is InChI=1S/C12H12FN3O2/c13-10-5-15-12(16-11(10)14)18-7-9-3-1-8(6-17)2-4-9/h1-5,17H,6-7H2,(H2,14,15,16). The molecular weight excluding hydrogens is 237 g/mol. The van der Waals surface area contributed by atoms with Crippen LogP contribution in [-0.4, -0.2) is 15.1 Å². The molecule has 0 amide bonds. The Morgan fingerprint density at radius 3 is 2.50 bits per heavy atom. The van der Waals surface area contributed by atoms with Crippen LogP contribution in [0.5, 0.6) is 6.01 Å². The van der Waals surface area contributed by atoms with Crippen molar-refractivity contribution in [2.24, 2.45) is 0 Å². The summed E-state index contributed by atoms with van der Waals surface area (Å²) in [4.78, 5) is 7.31. The van der Waals surface area contributed by atoms with Gasteiger partial charge in [0.1, 0.15) is 6.61 Å². The average Bonchev–Trinajstić information content (AvgIpc) is 2.41. The molecule has 3 N–H and O–H groups in total. The number of anilines is 1. The van der Waals surface area contributed by atoms with E-state index >= 15 is 0 Å².